The standard InChI is InChI=1S/C20H20BrFN2O2/c21-17-9-8-14(22)12-16(17)20(26)23-11-10-19(25)24-18-7-3-5-13-4-1-2-6-15(13)18/h3,5,7-9,12H,1-2,4,6,10-11H2,(H,23,26)(H,24,25). The Balaban J connectivity index is 1.53. The highest BCUT2D eigenvalue weighted by molar-refractivity contribution is 9.10. The fraction of sp³-hybridized carbons (Fsp3) is 0.300. The Morgan fingerprint density at radius 3 is 2.77 bits per heavy atom. The Morgan fingerprint density at radius 2 is 1.92 bits per heavy atom. The van der Waals surface area contributed by atoms with Crippen LogP contribution in [0.4, 0.5) is 10.1 Å². The fourth-order valence-electron chi connectivity index (χ4n) is 3.17. The molecule has 0 saturated heterocycles. The highest BCUT2D eigenvalue weighted by Crippen LogP contribution is 2.27. The Hall–Kier alpha value is -2.21. The van der Waals surface area contributed by atoms with E-state index in [-0.39, 0.29) is 24.4 Å². The van der Waals surface area contributed by atoms with Gasteiger partial charge in [0.2, 0.25) is 5.91 Å². The molecule has 4 nitrogen and oxygen atoms in total. The summed E-state index contributed by atoms with van der Waals surface area (Å²) in [5.41, 5.74) is 3.60. The molecule has 0 spiro atoms. The maximum atomic E-state index is 13.3. The number of carbonyl (C=O) groups excluding carboxylic acids is 2. The molecule has 2 aromatic carbocycles. The lowest BCUT2D eigenvalue weighted by molar-refractivity contribution is -0.116. The van der Waals surface area contributed by atoms with Gasteiger partial charge >= 0.3 is 0 Å². The monoisotopic (exact) mass is 418 g/mol. The third kappa shape index (κ3) is 4.49. The first-order chi connectivity index (χ1) is 12.5. The number of benzene rings is 2. The molecule has 1 aliphatic rings. The highest BCUT2D eigenvalue weighted by atomic mass is 79.9. The van der Waals surface area contributed by atoms with E-state index in [4.69, 9.17) is 0 Å². The zero-order valence-electron chi connectivity index (χ0n) is 14.3. The van der Waals surface area contributed by atoms with E-state index in [2.05, 4.69) is 32.6 Å². The van der Waals surface area contributed by atoms with Gasteiger partial charge in [0, 0.05) is 23.1 Å². The van der Waals surface area contributed by atoms with Gasteiger partial charge in [-0.1, -0.05) is 12.1 Å². The molecule has 2 amide bonds. The molecule has 0 aliphatic heterocycles. The summed E-state index contributed by atoms with van der Waals surface area (Å²) in [5, 5.41) is 5.59. The number of carbonyl (C=O) groups is 2. The summed E-state index contributed by atoms with van der Waals surface area (Å²) >= 11 is 3.22. The van der Waals surface area contributed by atoms with Gasteiger partial charge in [0.05, 0.1) is 5.56 Å². The van der Waals surface area contributed by atoms with Crippen LogP contribution in [-0.2, 0) is 17.6 Å². The van der Waals surface area contributed by atoms with Gasteiger partial charge in [0.15, 0.2) is 0 Å². The van der Waals surface area contributed by atoms with Crippen LogP contribution in [0.2, 0.25) is 0 Å². The molecule has 0 radical (unpaired) electrons. The second kappa shape index (κ2) is 8.45. The molecule has 0 heterocycles. The molecule has 0 unspecified atom stereocenters. The van der Waals surface area contributed by atoms with E-state index in [1.165, 1.54) is 29.7 Å². The maximum Gasteiger partial charge on any atom is 0.252 e. The summed E-state index contributed by atoms with van der Waals surface area (Å²) in [6.45, 7) is 0.183. The van der Waals surface area contributed by atoms with Crippen LogP contribution < -0.4 is 10.6 Å². The van der Waals surface area contributed by atoms with Crippen LogP contribution in [0.3, 0.4) is 0 Å². The summed E-state index contributed by atoms with van der Waals surface area (Å²) in [6.07, 6.45) is 4.51. The van der Waals surface area contributed by atoms with E-state index < -0.39 is 11.7 Å². The molecule has 1 aliphatic carbocycles. The average Bonchev–Trinajstić information content (AvgIpc) is 2.64. The quantitative estimate of drug-likeness (QED) is 0.763. The van der Waals surface area contributed by atoms with E-state index in [1.807, 2.05) is 12.1 Å². The zero-order chi connectivity index (χ0) is 18.5. The Labute approximate surface area is 160 Å². The van der Waals surface area contributed by atoms with Crippen molar-refractivity contribution in [2.75, 3.05) is 11.9 Å². The first kappa shape index (κ1) is 18.6. The molecule has 0 saturated carbocycles. The third-order valence-corrected chi connectivity index (χ3v) is 5.17. The second-order valence-corrected chi connectivity index (χ2v) is 7.18. The predicted octanol–water partition coefficient (Wildman–Crippen LogP) is 4.23. The largest absolute Gasteiger partial charge is 0.351 e. The molecule has 0 fully saturated rings. The van der Waals surface area contributed by atoms with Gasteiger partial charge in [-0.25, -0.2) is 4.39 Å². The number of aryl methyl sites for hydroxylation is 1. The van der Waals surface area contributed by atoms with Crippen molar-refractivity contribution in [3.8, 4) is 0 Å². The first-order valence-electron chi connectivity index (χ1n) is 8.68. The van der Waals surface area contributed by atoms with E-state index in [1.54, 1.807) is 0 Å². The fourth-order valence-corrected chi connectivity index (χ4v) is 3.59. The molecule has 26 heavy (non-hydrogen) atoms. The van der Waals surface area contributed by atoms with Crippen molar-refractivity contribution in [3.05, 3.63) is 63.4 Å². The number of halogens is 2. The maximum absolute atomic E-state index is 13.3. The number of anilines is 1. The molecule has 0 atom stereocenters. The minimum absolute atomic E-state index is 0.150. The summed E-state index contributed by atoms with van der Waals surface area (Å²) in [7, 11) is 0. The summed E-state index contributed by atoms with van der Waals surface area (Å²) in [4.78, 5) is 24.3. The lowest BCUT2D eigenvalue weighted by Gasteiger charge is -2.19. The van der Waals surface area contributed by atoms with Crippen LogP contribution in [-0.4, -0.2) is 18.4 Å². The number of fused-ring (bicyclic) bond motifs is 1. The predicted molar refractivity (Wildman–Crippen MR) is 103 cm³/mol. The van der Waals surface area contributed by atoms with E-state index >= 15 is 0 Å². The molecule has 2 aromatic rings. The van der Waals surface area contributed by atoms with Gasteiger partial charge < -0.3 is 10.6 Å². The molecule has 3 rings (SSSR count). The van der Waals surface area contributed by atoms with Crippen LogP contribution in [0.25, 0.3) is 0 Å². The second-order valence-electron chi connectivity index (χ2n) is 6.33. The van der Waals surface area contributed by atoms with Crippen molar-refractivity contribution in [3.63, 3.8) is 0 Å². The van der Waals surface area contributed by atoms with E-state index in [9.17, 15) is 14.0 Å². The molecule has 6 heteroatoms. The molecule has 0 aromatic heterocycles. The molecular weight excluding hydrogens is 399 g/mol. The van der Waals surface area contributed by atoms with Crippen LogP contribution in [0.5, 0.6) is 0 Å². The third-order valence-electron chi connectivity index (χ3n) is 4.48. The van der Waals surface area contributed by atoms with Crippen molar-refractivity contribution < 1.29 is 14.0 Å². The lowest BCUT2D eigenvalue weighted by atomic mass is 9.90. The van der Waals surface area contributed by atoms with Gasteiger partial charge in [-0.15, -0.1) is 0 Å². The van der Waals surface area contributed by atoms with Gasteiger partial charge in [-0.2, -0.15) is 0 Å². The topological polar surface area (TPSA) is 58.2 Å². The molecule has 2 N–H and O–H groups in total. The average molecular weight is 419 g/mol. The number of nitrogens with one attached hydrogen (secondary N) is 2. The number of hydrogen-bond acceptors (Lipinski definition) is 2. The molecular formula is C20H20BrFN2O2. The van der Waals surface area contributed by atoms with Crippen molar-refractivity contribution >= 4 is 33.4 Å². The molecule has 136 valence electrons. The van der Waals surface area contributed by atoms with Gasteiger partial charge in [0.1, 0.15) is 5.82 Å². The minimum Gasteiger partial charge on any atom is -0.351 e. The smallest absolute Gasteiger partial charge is 0.252 e. The van der Waals surface area contributed by atoms with Crippen LogP contribution in [0.15, 0.2) is 40.9 Å². The van der Waals surface area contributed by atoms with Crippen LogP contribution >= 0.6 is 15.9 Å². The SMILES string of the molecule is O=C(CCNC(=O)c1cc(F)ccc1Br)Nc1cccc2c1CCCC2. The Morgan fingerprint density at radius 1 is 1.12 bits per heavy atom. The number of amides is 2. The zero-order valence-corrected chi connectivity index (χ0v) is 15.9. The highest BCUT2D eigenvalue weighted by Gasteiger charge is 2.15. The summed E-state index contributed by atoms with van der Waals surface area (Å²) in [5.74, 6) is -1.05. The van der Waals surface area contributed by atoms with Crippen molar-refractivity contribution in [1.29, 1.82) is 0 Å². The first-order valence-corrected chi connectivity index (χ1v) is 9.48. The minimum atomic E-state index is -0.482. The van der Waals surface area contributed by atoms with Crippen molar-refractivity contribution in [2.45, 2.75) is 32.1 Å². The van der Waals surface area contributed by atoms with Crippen LogP contribution in [0.1, 0.15) is 40.7 Å². The normalized spacial score (nSPS) is 13.0. The van der Waals surface area contributed by atoms with Crippen molar-refractivity contribution in [1.82, 2.24) is 5.32 Å². The molecule has 0 bridgehead atoms. The van der Waals surface area contributed by atoms with Gasteiger partial charge in [-0.3, -0.25) is 9.59 Å². The van der Waals surface area contributed by atoms with E-state index in [0.717, 1.165) is 31.0 Å². The van der Waals surface area contributed by atoms with Crippen molar-refractivity contribution in [2.24, 2.45) is 0 Å². The summed E-state index contributed by atoms with van der Waals surface area (Å²) < 4.78 is 13.8. The number of rotatable bonds is 5. The number of hydrogen-bond donors (Lipinski definition) is 2. The van der Waals surface area contributed by atoms with Crippen LogP contribution in [0, 0.1) is 5.82 Å². The Bertz CT molecular complexity index is 839. The summed E-state index contributed by atoms with van der Waals surface area (Å²) in [6, 6.07) is 9.91. The van der Waals surface area contributed by atoms with Gasteiger partial charge in [0.25, 0.3) is 5.91 Å². The Kier molecular flexibility index (Phi) is 6.04. The van der Waals surface area contributed by atoms with Gasteiger partial charge in [-0.05, 0) is 77.0 Å². The van der Waals surface area contributed by atoms with E-state index in [0.29, 0.717) is 4.47 Å². The lowest BCUT2D eigenvalue weighted by Crippen LogP contribution is -2.28.